The van der Waals surface area contributed by atoms with E-state index < -0.39 is 17.6 Å². The zero-order valence-corrected chi connectivity index (χ0v) is 24.5. The number of likely N-dealkylation sites (tertiary alicyclic amines) is 1. The molecule has 1 atom stereocenters. The molecule has 4 aromatic rings. The predicted molar refractivity (Wildman–Crippen MR) is 156 cm³/mol. The summed E-state index contributed by atoms with van der Waals surface area (Å²) >= 11 is 5.96. The highest BCUT2D eigenvalue weighted by Crippen LogP contribution is 2.49. The van der Waals surface area contributed by atoms with Crippen LogP contribution in [0.25, 0.3) is 11.4 Å². The lowest BCUT2D eigenvalue weighted by Gasteiger charge is -2.33. The van der Waals surface area contributed by atoms with Crippen LogP contribution in [0.3, 0.4) is 0 Å². The van der Waals surface area contributed by atoms with Gasteiger partial charge in [-0.25, -0.2) is 14.2 Å². The van der Waals surface area contributed by atoms with E-state index in [2.05, 4.69) is 26.1 Å². The highest BCUT2D eigenvalue weighted by molar-refractivity contribution is 6.30. The van der Waals surface area contributed by atoms with E-state index in [-0.39, 0.29) is 17.6 Å². The van der Waals surface area contributed by atoms with Gasteiger partial charge in [0.05, 0.1) is 17.9 Å². The molecule has 0 unspecified atom stereocenters. The van der Waals surface area contributed by atoms with Gasteiger partial charge in [-0.3, -0.25) is 15.0 Å². The third kappa shape index (κ3) is 5.93. The lowest BCUT2D eigenvalue weighted by molar-refractivity contribution is -0.0712. The van der Waals surface area contributed by atoms with E-state index in [1.165, 1.54) is 6.07 Å². The van der Waals surface area contributed by atoms with Crippen LogP contribution in [0.4, 0.5) is 4.39 Å². The van der Waals surface area contributed by atoms with Gasteiger partial charge in [0.25, 0.3) is 5.79 Å². The molecule has 2 aromatic heterocycles. The number of carboxylic acid groups (broad SMARTS) is 1. The summed E-state index contributed by atoms with van der Waals surface area (Å²) in [7, 11) is 1.65. The van der Waals surface area contributed by atoms with Crippen molar-refractivity contribution in [2.45, 2.75) is 44.4 Å². The number of carboxylic acids is 1. The minimum absolute atomic E-state index is 0.219. The minimum atomic E-state index is -1.29. The monoisotopic (exact) mass is 607 g/mol. The van der Waals surface area contributed by atoms with Crippen molar-refractivity contribution < 1.29 is 28.5 Å². The minimum Gasteiger partial charge on any atom is -0.475 e. The molecule has 2 N–H and O–H groups in total. The lowest BCUT2D eigenvalue weighted by atomic mass is 9.88. The summed E-state index contributed by atoms with van der Waals surface area (Å²) in [6.45, 7) is 4.62. The molecule has 0 amide bonds. The zero-order valence-electron chi connectivity index (χ0n) is 23.8. The van der Waals surface area contributed by atoms with Crippen LogP contribution in [0.5, 0.6) is 11.5 Å². The van der Waals surface area contributed by atoms with E-state index in [4.69, 9.17) is 35.9 Å². The van der Waals surface area contributed by atoms with Crippen molar-refractivity contribution in [2.75, 3.05) is 26.8 Å². The molecule has 0 radical (unpaired) electrons. The Balaban J connectivity index is 1.15. The number of aromatic amines is 1. The number of H-pyrrole nitrogens is 1. The number of hydrogen-bond acceptors (Lipinski definition) is 8. The maximum Gasteiger partial charge on any atom is 0.373 e. The molecule has 1 fully saturated rings. The van der Waals surface area contributed by atoms with Crippen molar-refractivity contribution in [2.24, 2.45) is 0 Å². The van der Waals surface area contributed by atoms with E-state index in [1.54, 1.807) is 32.4 Å². The van der Waals surface area contributed by atoms with Gasteiger partial charge < -0.3 is 19.3 Å². The van der Waals surface area contributed by atoms with Crippen LogP contribution in [-0.4, -0.2) is 62.9 Å². The first-order chi connectivity index (χ1) is 20.7. The fourth-order valence-electron chi connectivity index (χ4n) is 5.77. The molecule has 2 aliphatic heterocycles. The summed E-state index contributed by atoms with van der Waals surface area (Å²) in [5, 5.41) is 15.9. The maximum absolute atomic E-state index is 14.8. The second-order valence-corrected chi connectivity index (χ2v) is 11.3. The van der Waals surface area contributed by atoms with Gasteiger partial charge in [0, 0.05) is 42.9 Å². The number of nitrogens with one attached hydrogen (secondary N) is 1. The van der Waals surface area contributed by atoms with Crippen LogP contribution < -0.4 is 9.47 Å². The van der Waals surface area contributed by atoms with E-state index in [0.29, 0.717) is 47.2 Å². The number of ether oxygens (including phenoxy) is 3. The van der Waals surface area contributed by atoms with Crippen molar-refractivity contribution in [3.63, 3.8) is 0 Å². The van der Waals surface area contributed by atoms with Crippen LogP contribution in [0.15, 0.2) is 48.7 Å². The standard InChI is InChI=1S/C31H31ClFN5O5/c1-31(23-7-6-21(32)15-24(23)33)42-26-5-3-4-22(27(26)43-31)18-8-11-38(12-9-18)17-25-19(10-13-41-2)14-20(16-34-25)28-35-29(30(39)40)37-36-28/h3-7,14-16,18H,8-13,17H2,1-2H3,(H,39,40)(H,35,36,37)/t31-/m1/s1. The lowest BCUT2D eigenvalue weighted by Crippen LogP contribution is -2.34. The number of fused-ring (bicyclic) bond motifs is 1. The Labute approximate surface area is 252 Å². The number of methoxy groups -OCH3 is 1. The molecule has 10 nitrogen and oxygen atoms in total. The molecule has 0 spiro atoms. The van der Waals surface area contributed by atoms with Crippen molar-refractivity contribution >= 4 is 17.6 Å². The number of benzene rings is 2. The van der Waals surface area contributed by atoms with Crippen molar-refractivity contribution in [3.8, 4) is 22.9 Å². The number of piperidine rings is 1. The molecule has 0 saturated carbocycles. The first-order valence-corrected chi connectivity index (χ1v) is 14.4. The van der Waals surface area contributed by atoms with Gasteiger partial charge in [0.1, 0.15) is 5.82 Å². The first-order valence-electron chi connectivity index (χ1n) is 14.1. The normalized spacial score (nSPS) is 18.7. The number of carbonyl (C=O) groups is 1. The van der Waals surface area contributed by atoms with E-state index in [0.717, 1.165) is 42.8 Å². The summed E-state index contributed by atoms with van der Waals surface area (Å²) < 4.78 is 32.6. The maximum atomic E-state index is 14.8. The number of halogens is 2. The fraction of sp³-hybridized carbons (Fsp3) is 0.355. The van der Waals surface area contributed by atoms with E-state index in [9.17, 15) is 9.18 Å². The topological polar surface area (TPSA) is 123 Å². The summed E-state index contributed by atoms with van der Waals surface area (Å²) in [5.74, 6) is -1.35. The third-order valence-electron chi connectivity index (χ3n) is 8.01. The van der Waals surface area contributed by atoms with Gasteiger partial charge in [-0.2, -0.15) is 5.10 Å². The van der Waals surface area contributed by atoms with Crippen LogP contribution in [0.2, 0.25) is 5.02 Å². The Kier molecular flexibility index (Phi) is 8.04. The number of pyridine rings is 1. The number of hydrogen-bond donors (Lipinski definition) is 2. The number of aromatic nitrogens is 4. The molecule has 224 valence electrons. The summed E-state index contributed by atoms with van der Waals surface area (Å²) in [6.07, 6.45) is 4.15. The molecule has 0 bridgehead atoms. The zero-order chi connectivity index (χ0) is 30.1. The molecule has 2 aliphatic rings. The van der Waals surface area contributed by atoms with Crippen LogP contribution >= 0.6 is 11.6 Å². The SMILES string of the molecule is COCCc1cc(-c2n[nH]c(C(=O)O)n2)cnc1CN1CCC(c2cccc3c2O[C@](C)(c2ccc(Cl)cc2F)O3)CC1. The smallest absolute Gasteiger partial charge is 0.373 e. The van der Waals surface area contributed by atoms with Crippen molar-refractivity contribution in [1.82, 2.24) is 25.1 Å². The number of nitrogens with zero attached hydrogens (tertiary/aromatic N) is 4. The van der Waals surface area contributed by atoms with Gasteiger partial charge in [0.15, 0.2) is 17.3 Å². The van der Waals surface area contributed by atoms with Gasteiger partial charge >= 0.3 is 5.97 Å². The second kappa shape index (κ2) is 11.9. The van der Waals surface area contributed by atoms with Crippen LogP contribution in [0, 0.1) is 5.82 Å². The molecule has 43 heavy (non-hydrogen) atoms. The van der Waals surface area contributed by atoms with Gasteiger partial charge in [0.2, 0.25) is 5.82 Å². The number of rotatable bonds is 9. The quantitative estimate of drug-likeness (QED) is 0.251. The molecular weight excluding hydrogens is 577 g/mol. The average molecular weight is 608 g/mol. The Morgan fingerprint density at radius 1 is 1.23 bits per heavy atom. The van der Waals surface area contributed by atoms with Gasteiger partial charge in [-0.05, 0) is 74.2 Å². The van der Waals surface area contributed by atoms with E-state index >= 15 is 0 Å². The van der Waals surface area contributed by atoms with Crippen LogP contribution in [-0.2, 0) is 23.5 Å². The second-order valence-electron chi connectivity index (χ2n) is 10.9. The Hall–Kier alpha value is -4.06. The van der Waals surface area contributed by atoms with Gasteiger partial charge in [-0.15, -0.1) is 0 Å². The molecule has 2 aromatic carbocycles. The number of aromatic carboxylic acids is 1. The molecule has 6 rings (SSSR count). The molecule has 0 aliphatic carbocycles. The predicted octanol–water partition coefficient (Wildman–Crippen LogP) is 5.57. The molecule has 12 heteroatoms. The Morgan fingerprint density at radius 3 is 2.77 bits per heavy atom. The molecular formula is C31H31ClFN5O5. The van der Waals surface area contributed by atoms with E-state index in [1.807, 2.05) is 18.2 Å². The highest BCUT2D eigenvalue weighted by Gasteiger charge is 2.43. The Morgan fingerprint density at radius 2 is 2.05 bits per heavy atom. The third-order valence-corrected chi connectivity index (χ3v) is 8.25. The summed E-state index contributed by atoms with van der Waals surface area (Å²) in [6, 6.07) is 12.3. The first kappa shape index (κ1) is 29.0. The molecule has 4 heterocycles. The summed E-state index contributed by atoms with van der Waals surface area (Å²) in [4.78, 5) is 22.4. The Bertz CT molecular complexity index is 1660. The number of para-hydroxylation sites is 1. The largest absolute Gasteiger partial charge is 0.475 e. The van der Waals surface area contributed by atoms with Crippen molar-refractivity contribution in [3.05, 3.63) is 87.7 Å². The van der Waals surface area contributed by atoms with Gasteiger partial charge in [-0.1, -0.05) is 23.7 Å². The highest BCUT2D eigenvalue weighted by atomic mass is 35.5. The fourth-order valence-corrected chi connectivity index (χ4v) is 5.93. The van der Waals surface area contributed by atoms with Crippen LogP contribution in [0.1, 0.15) is 58.7 Å². The summed E-state index contributed by atoms with van der Waals surface area (Å²) in [5.41, 5.74) is 3.94. The van der Waals surface area contributed by atoms with Crippen molar-refractivity contribution in [1.29, 1.82) is 0 Å². The average Bonchev–Trinajstić information content (AvgIpc) is 3.62. The molecule has 1 saturated heterocycles.